The van der Waals surface area contributed by atoms with Crippen molar-refractivity contribution in [2.24, 2.45) is 0 Å². The van der Waals surface area contributed by atoms with Crippen LogP contribution in [0, 0.1) is 5.82 Å². The van der Waals surface area contributed by atoms with Crippen LogP contribution in [0.3, 0.4) is 0 Å². The third-order valence-corrected chi connectivity index (χ3v) is 2.67. The van der Waals surface area contributed by atoms with Gasteiger partial charge < -0.3 is 9.47 Å². The van der Waals surface area contributed by atoms with Gasteiger partial charge in [0.15, 0.2) is 11.6 Å². The van der Waals surface area contributed by atoms with Crippen LogP contribution in [0.25, 0.3) is 0 Å². The minimum absolute atomic E-state index is 0.0785. The lowest BCUT2D eigenvalue weighted by Crippen LogP contribution is -2.03. The molecular weight excluding hydrogens is 267 g/mol. The van der Waals surface area contributed by atoms with Crippen molar-refractivity contribution in [1.82, 2.24) is 0 Å². The number of rotatable bonds is 3. The van der Waals surface area contributed by atoms with Gasteiger partial charge in [0.1, 0.15) is 11.5 Å². The molecule has 0 aliphatic heterocycles. The SMILES string of the molecule is COc1cc(OC)c(C(C)=O)c(F)c1Br. The number of carbonyl (C=O) groups excluding carboxylic acids is 1. The number of halogens is 2. The van der Waals surface area contributed by atoms with Crippen LogP contribution in [0.15, 0.2) is 10.5 Å². The number of carbonyl (C=O) groups is 1. The Morgan fingerprint density at radius 1 is 1.33 bits per heavy atom. The van der Waals surface area contributed by atoms with Gasteiger partial charge in [0.05, 0.1) is 24.3 Å². The molecule has 0 aliphatic carbocycles. The fraction of sp³-hybridized carbons (Fsp3) is 0.300. The highest BCUT2D eigenvalue weighted by Crippen LogP contribution is 2.36. The maximum absolute atomic E-state index is 13.7. The molecular formula is C10H10BrFO3. The summed E-state index contributed by atoms with van der Waals surface area (Å²) in [7, 11) is 2.78. The number of benzene rings is 1. The Labute approximate surface area is 95.3 Å². The first kappa shape index (κ1) is 12.0. The second kappa shape index (κ2) is 4.61. The average Bonchev–Trinajstić information content (AvgIpc) is 2.20. The quantitative estimate of drug-likeness (QED) is 0.797. The van der Waals surface area contributed by atoms with E-state index in [1.165, 1.54) is 27.2 Å². The third-order valence-electron chi connectivity index (χ3n) is 1.93. The molecule has 0 saturated heterocycles. The van der Waals surface area contributed by atoms with Gasteiger partial charge in [-0.3, -0.25) is 4.79 Å². The number of methoxy groups -OCH3 is 2. The molecule has 5 heteroatoms. The molecule has 0 aliphatic rings. The van der Waals surface area contributed by atoms with Gasteiger partial charge in [-0.05, 0) is 22.9 Å². The third kappa shape index (κ3) is 2.12. The fourth-order valence-electron chi connectivity index (χ4n) is 1.22. The summed E-state index contributed by atoms with van der Waals surface area (Å²) in [6, 6.07) is 1.46. The zero-order valence-electron chi connectivity index (χ0n) is 8.56. The highest BCUT2D eigenvalue weighted by molar-refractivity contribution is 9.10. The molecule has 1 aromatic rings. The van der Waals surface area contributed by atoms with Crippen molar-refractivity contribution in [3.8, 4) is 11.5 Å². The van der Waals surface area contributed by atoms with E-state index in [2.05, 4.69) is 15.9 Å². The van der Waals surface area contributed by atoms with Gasteiger partial charge in [-0.2, -0.15) is 0 Å². The first-order valence-corrected chi connectivity index (χ1v) is 4.93. The molecule has 1 rings (SSSR count). The molecule has 0 N–H and O–H groups in total. The van der Waals surface area contributed by atoms with Crippen LogP contribution in [0.4, 0.5) is 4.39 Å². The molecule has 0 amide bonds. The lowest BCUT2D eigenvalue weighted by molar-refractivity contribution is 0.101. The second-order valence-corrected chi connectivity index (χ2v) is 3.63. The Morgan fingerprint density at radius 3 is 2.27 bits per heavy atom. The van der Waals surface area contributed by atoms with E-state index < -0.39 is 11.6 Å². The van der Waals surface area contributed by atoms with Crippen LogP contribution in [0.1, 0.15) is 17.3 Å². The van der Waals surface area contributed by atoms with Gasteiger partial charge in [0, 0.05) is 6.07 Å². The maximum Gasteiger partial charge on any atom is 0.166 e. The number of hydrogen-bond acceptors (Lipinski definition) is 3. The van der Waals surface area contributed by atoms with Crippen molar-refractivity contribution in [2.45, 2.75) is 6.92 Å². The standard InChI is InChI=1S/C10H10BrFO3/c1-5(13)8-6(14-2)4-7(15-3)9(11)10(8)12/h4H,1-3H3. The molecule has 15 heavy (non-hydrogen) atoms. The normalized spacial score (nSPS) is 9.93. The number of ether oxygens (including phenoxy) is 2. The lowest BCUT2D eigenvalue weighted by Gasteiger charge is -2.11. The zero-order valence-corrected chi connectivity index (χ0v) is 10.1. The first-order chi connectivity index (χ1) is 7.02. The Morgan fingerprint density at radius 2 is 1.87 bits per heavy atom. The van der Waals surface area contributed by atoms with Crippen molar-refractivity contribution in [3.63, 3.8) is 0 Å². The zero-order chi connectivity index (χ0) is 11.6. The smallest absolute Gasteiger partial charge is 0.166 e. The van der Waals surface area contributed by atoms with Crippen LogP contribution in [-0.4, -0.2) is 20.0 Å². The molecule has 0 heterocycles. The van der Waals surface area contributed by atoms with Crippen LogP contribution >= 0.6 is 15.9 Å². The maximum atomic E-state index is 13.7. The average molecular weight is 277 g/mol. The summed E-state index contributed by atoms with van der Waals surface area (Å²) in [6.07, 6.45) is 0. The number of Topliss-reactive ketones (excluding diaryl/α,β-unsaturated/α-hetero) is 1. The van der Waals surface area contributed by atoms with Crippen molar-refractivity contribution in [3.05, 3.63) is 21.9 Å². The molecule has 0 atom stereocenters. The van der Waals surface area contributed by atoms with E-state index >= 15 is 0 Å². The molecule has 0 saturated carbocycles. The highest BCUT2D eigenvalue weighted by atomic mass is 79.9. The van der Waals surface area contributed by atoms with Gasteiger partial charge in [-0.15, -0.1) is 0 Å². The molecule has 0 unspecified atom stereocenters. The van der Waals surface area contributed by atoms with Crippen molar-refractivity contribution in [2.75, 3.05) is 14.2 Å². The Bertz CT molecular complexity index is 404. The summed E-state index contributed by atoms with van der Waals surface area (Å²) in [5, 5.41) is 0. The Hall–Kier alpha value is -1.10. The van der Waals surface area contributed by atoms with Crippen molar-refractivity contribution < 1.29 is 18.7 Å². The second-order valence-electron chi connectivity index (χ2n) is 2.84. The van der Waals surface area contributed by atoms with Gasteiger partial charge in [0.2, 0.25) is 0 Å². The molecule has 1 aromatic carbocycles. The van der Waals surface area contributed by atoms with E-state index in [9.17, 15) is 9.18 Å². The van der Waals surface area contributed by atoms with E-state index in [0.29, 0.717) is 0 Å². The van der Waals surface area contributed by atoms with Gasteiger partial charge in [-0.1, -0.05) is 0 Å². The molecule has 0 bridgehead atoms. The van der Waals surface area contributed by atoms with Crippen LogP contribution in [0.2, 0.25) is 0 Å². The minimum atomic E-state index is -0.668. The predicted octanol–water partition coefficient (Wildman–Crippen LogP) is 2.81. The molecule has 0 radical (unpaired) electrons. The summed E-state index contributed by atoms with van der Waals surface area (Å²) >= 11 is 3.02. The summed E-state index contributed by atoms with van der Waals surface area (Å²) in [6.45, 7) is 1.28. The van der Waals surface area contributed by atoms with E-state index in [-0.39, 0.29) is 21.5 Å². The van der Waals surface area contributed by atoms with Crippen molar-refractivity contribution in [1.29, 1.82) is 0 Å². The van der Waals surface area contributed by atoms with E-state index in [1.54, 1.807) is 0 Å². The molecule has 82 valence electrons. The minimum Gasteiger partial charge on any atom is -0.496 e. The van der Waals surface area contributed by atoms with Crippen LogP contribution < -0.4 is 9.47 Å². The Balaban J connectivity index is 3.51. The highest BCUT2D eigenvalue weighted by Gasteiger charge is 2.20. The monoisotopic (exact) mass is 276 g/mol. The molecule has 3 nitrogen and oxygen atoms in total. The Kier molecular flexibility index (Phi) is 3.68. The molecule has 0 spiro atoms. The van der Waals surface area contributed by atoms with E-state index in [0.717, 1.165) is 0 Å². The molecule has 0 fully saturated rings. The fourth-order valence-corrected chi connectivity index (χ4v) is 1.69. The summed E-state index contributed by atoms with van der Waals surface area (Å²) in [5.74, 6) is -0.610. The summed E-state index contributed by atoms with van der Waals surface area (Å²) < 4.78 is 23.7. The topological polar surface area (TPSA) is 35.5 Å². The summed E-state index contributed by atoms with van der Waals surface area (Å²) in [5.41, 5.74) is -0.0785. The summed E-state index contributed by atoms with van der Waals surface area (Å²) in [4.78, 5) is 11.2. The van der Waals surface area contributed by atoms with E-state index in [4.69, 9.17) is 9.47 Å². The van der Waals surface area contributed by atoms with E-state index in [1.807, 2.05) is 0 Å². The van der Waals surface area contributed by atoms with Crippen LogP contribution in [-0.2, 0) is 0 Å². The number of ketones is 1. The predicted molar refractivity (Wildman–Crippen MR) is 57.2 cm³/mol. The van der Waals surface area contributed by atoms with Gasteiger partial charge in [0.25, 0.3) is 0 Å². The van der Waals surface area contributed by atoms with Crippen LogP contribution in [0.5, 0.6) is 11.5 Å². The first-order valence-electron chi connectivity index (χ1n) is 4.13. The van der Waals surface area contributed by atoms with Gasteiger partial charge in [-0.25, -0.2) is 4.39 Å². The van der Waals surface area contributed by atoms with Crippen molar-refractivity contribution >= 4 is 21.7 Å². The number of hydrogen-bond donors (Lipinski definition) is 0. The lowest BCUT2D eigenvalue weighted by atomic mass is 10.1. The molecule has 0 aromatic heterocycles. The van der Waals surface area contributed by atoms with Gasteiger partial charge >= 0.3 is 0 Å². The largest absolute Gasteiger partial charge is 0.496 e.